The summed E-state index contributed by atoms with van der Waals surface area (Å²) in [7, 11) is 1.18. The van der Waals surface area contributed by atoms with Gasteiger partial charge in [-0.25, -0.2) is 14.4 Å². The largest absolute Gasteiger partial charge is 0.513 e. The van der Waals surface area contributed by atoms with E-state index < -0.39 is 30.0 Å². The SMILES string of the molecule is CCCCOC(=O)Oc1ccc(C[C@](N)(CCOC(=O)OCCC)C(=O)OC)cc1OC(=O)OCCCC. The molecule has 0 spiro atoms. The minimum absolute atomic E-state index is 0.0852. The second kappa shape index (κ2) is 17.8. The Kier molecular flexibility index (Phi) is 15.2. The van der Waals surface area contributed by atoms with Crippen LogP contribution in [0.4, 0.5) is 14.4 Å². The van der Waals surface area contributed by atoms with Gasteiger partial charge in [0, 0.05) is 12.8 Å². The fraction of sp³-hybridized carbons (Fsp3) is 0.615. The number of methoxy groups -OCH3 is 1. The number of esters is 1. The molecular formula is C26H39NO11. The molecule has 0 heterocycles. The molecule has 214 valence electrons. The van der Waals surface area contributed by atoms with E-state index in [1.54, 1.807) is 0 Å². The molecule has 1 atom stereocenters. The Morgan fingerprint density at radius 3 is 1.84 bits per heavy atom. The van der Waals surface area contributed by atoms with Crippen LogP contribution in [0.3, 0.4) is 0 Å². The molecule has 0 radical (unpaired) electrons. The molecule has 0 aliphatic heterocycles. The van der Waals surface area contributed by atoms with Crippen molar-refractivity contribution in [2.75, 3.05) is 33.5 Å². The molecule has 0 aliphatic carbocycles. The zero-order chi connectivity index (χ0) is 28.4. The van der Waals surface area contributed by atoms with Crippen molar-refractivity contribution in [3.63, 3.8) is 0 Å². The minimum Gasteiger partial charge on any atom is -0.468 e. The highest BCUT2D eigenvalue weighted by molar-refractivity contribution is 5.81. The van der Waals surface area contributed by atoms with E-state index in [0.29, 0.717) is 24.8 Å². The van der Waals surface area contributed by atoms with E-state index in [9.17, 15) is 19.2 Å². The van der Waals surface area contributed by atoms with Gasteiger partial charge in [-0.05, 0) is 37.0 Å². The van der Waals surface area contributed by atoms with E-state index >= 15 is 0 Å². The van der Waals surface area contributed by atoms with Crippen LogP contribution in [0, 0.1) is 0 Å². The van der Waals surface area contributed by atoms with Crippen LogP contribution in [-0.2, 0) is 34.9 Å². The molecular weight excluding hydrogens is 502 g/mol. The number of rotatable bonds is 16. The lowest BCUT2D eigenvalue weighted by Crippen LogP contribution is -2.51. The predicted octanol–water partition coefficient (Wildman–Crippen LogP) is 4.68. The smallest absolute Gasteiger partial charge is 0.468 e. The van der Waals surface area contributed by atoms with Gasteiger partial charge in [-0.1, -0.05) is 39.7 Å². The molecule has 0 bridgehead atoms. The van der Waals surface area contributed by atoms with Gasteiger partial charge in [-0.2, -0.15) is 0 Å². The third-order valence-corrected chi connectivity index (χ3v) is 5.13. The van der Waals surface area contributed by atoms with Crippen molar-refractivity contribution < 1.29 is 52.3 Å². The Balaban J connectivity index is 3.08. The second-order valence-electron chi connectivity index (χ2n) is 8.41. The van der Waals surface area contributed by atoms with E-state index in [2.05, 4.69) is 0 Å². The number of carbonyl (C=O) groups excluding carboxylic acids is 4. The molecule has 0 unspecified atom stereocenters. The van der Waals surface area contributed by atoms with Crippen LogP contribution in [-0.4, -0.2) is 63.5 Å². The Hall–Kier alpha value is -3.54. The van der Waals surface area contributed by atoms with E-state index in [1.807, 2.05) is 20.8 Å². The van der Waals surface area contributed by atoms with Gasteiger partial charge in [-0.3, -0.25) is 4.79 Å². The first kappa shape index (κ1) is 32.5. The molecule has 1 aromatic rings. The third kappa shape index (κ3) is 12.1. The number of ether oxygens (including phenoxy) is 7. The van der Waals surface area contributed by atoms with Crippen molar-refractivity contribution in [1.29, 1.82) is 0 Å². The van der Waals surface area contributed by atoms with Crippen molar-refractivity contribution in [3.8, 4) is 11.5 Å². The highest BCUT2D eigenvalue weighted by Gasteiger charge is 2.36. The topological polar surface area (TPSA) is 159 Å². The number of benzene rings is 1. The molecule has 0 aliphatic rings. The molecule has 0 saturated carbocycles. The molecule has 12 heteroatoms. The summed E-state index contributed by atoms with van der Waals surface area (Å²) in [5.41, 5.74) is 5.19. The number of nitrogens with two attached hydrogens (primary N) is 1. The van der Waals surface area contributed by atoms with Gasteiger partial charge in [-0.15, -0.1) is 0 Å². The maximum absolute atomic E-state index is 12.5. The summed E-state index contributed by atoms with van der Waals surface area (Å²) in [5.74, 6) is -0.974. The number of carbonyl (C=O) groups is 4. The summed E-state index contributed by atoms with van der Waals surface area (Å²) < 4.78 is 35.2. The molecule has 2 N–H and O–H groups in total. The van der Waals surface area contributed by atoms with Gasteiger partial charge >= 0.3 is 24.4 Å². The third-order valence-electron chi connectivity index (χ3n) is 5.13. The van der Waals surface area contributed by atoms with Gasteiger partial charge in [0.1, 0.15) is 5.54 Å². The van der Waals surface area contributed by atoms with E-state index in [1.165, 1.54) is 25.3 Å². The monoisotopic (exact) mass is 541 g/mol. The fourth-order valence-corrected chi connectivity index (χ4v) is 3.04. The van der Waals surface area contributed by atoms with Gasteiger partial charge in [0.15, 0.2) is 11.5 Å². The highest BCUT2D eigenvalue weighted by Crippen LogP contribution is 2.31. The number of unbranched alkanes of at least 4 members (excludes halogenated alkanes) is 2. The van der Waals surface area contributed by atoms with Crippen molar-refractivity contribution in [3.05, 3.63) is 23.8 Å². The van der Waals surface area contributed by atoms with Crippen LogP contribution in [0.15, 0.2) is 18.2 Å². The Morgan fingerprint density at radius 1 is 0.737 bits per heavy atom. The molecule has 1 rings (SSSR count). The van der Waals surface area contributed by atoms with Gasteiger partial charge < -0.3 is 38.9 Å². The molecule has 12 nitrogen and oxygen atoms in total. The lowest BCUT2D eigenvalue weighted by Gasteiger charge is -2.26. The van der Waals surface area contributed by atoms with Crippen molar-refractivity contribution >= 4 is 24.4 Å². The van der Waals surface area contributed by atoms with Crippen LogP contribution in [0.1, 0.15) is 64.9 Å². The lowest BCUT2D eigenvalue weighted by molar-refractivity contribution is -0.147. The van der Waals surface area contributed by atoms with Crippen LogP contribution in [0.2, 0.25) is 0 Å². The highest BCUT2D eigenvalue weighted by atomic mass is 16.7. The summed E-state index contributed by atoms with van der Waals surface area (Å²) in [6, 6.07) is 4.29. The van der Waals surface area contributed by atoms with Crippen LogP contribution in [0.5, 0.6) is 11.5 Å². The van der Waals surface area contributed by atoms with Gasteiger partial charge in [0.2, 0.25) is 0 Å². The van der Waals surface area contributed by atoms with Crippen LogP contribution in [0.25, 0.3) is 0 Å². The average molecular weight is 542 g/mol. The second-order valence-corrected chi connectivity index (χ2v) is 8.41. The molecule has 0 aromatic heterocycles. The van der Waals surface area contributed by atoms with Crippen LogP contribution >= 0.6 is 0 Å². The summed E-state index contributed by atoms with van der Waals surface area (Å²) in [4.78, 5) is 48.4. The first-order valence-electron chi connectivity index (χ1n) is 12.7. The zero-order valence-electron chi connectivity index (χ0n) is 22.6. The average Bonchev–Trinajstić information content (AvgIpc) is 2.88. The fourth-order valence-electron chi connectivity index (χ4n) is 3.04. The minimum atomic E-state index is -1.60. The Morgan fingerprint density at radius 2 is 1.29 bits per heavy atom. The van der Waals surface area contributed by atoms with Gasteiger partial charge in [0.05, 0.1) is 33.5 Å². The number of hydrogen-bond donors (Lipinski definition) is 1. The first-order valence-corrected chi connectivity index (χ1v) is 12.7. The Labute approximate surface area is 223 Å². The van der Waals surface area contributed by atoms with E-state index in [0.717, 1.165) is 12.8 Å². The quantitative estimate of drug-likeness (QED) is 0.133. The normalized spacial score (nSPS) is 12.0. The molecule has 1 aromatic carbocycles. The molecule has 38 heavy (non-hydrogen) atoms. The predicted molar refractivity (Wildman–Crippen MR) is 135 cm³/mol. The summed E-state index contributed by atoms with van der Waals surface area (Å²) in [5, 5.41) is 0. The zero-order valence-corrected chi connectivity index (χ0v) is 22.6. The maximum Gasteiger partial charge on any atom is 0.513 e. The van der Waals surface area contributed by atoms with E-state index in [4.69, 9.17) is 38.9 Å². The van der Waals surface area contributed by atoms with Gasteiger partial charge in [0.25, 0.3) is 0 Å². The molecule has 0 amide bonds. The molecule has 0 saturated heterocycles. The number of hydrogen-bond acceptors (Lipinski definition) is 12. The lowest BCUT2D eigenvalue weighted by atomic mass is 9.88. The van der Waals surface area contributed by atoms with E-state index in [-0.39, 0.29) is 50.8 Å². The van der Waals surface area contributed by atoms with Crippen molar-refractivity contribution in [2.24, 2.45) is 5.73 Å². The summed E-state index contributed by atoms with van der Waals surface area (Å²) in [6.07, 6.45) is 0.565. The summed E-state index contributed by atoms with van der Waals surface area (Å²) in [6.45, 7) is 6.04. The first-order chi connectivity index (χ1) is 18.2. The summed E-state index contributed by atoms with van der Waals surface area (Å²) >= 11 is 0. The van der Waals surface area contributed by atoms with Crippen molar-refractivity contribution in [1.82, 2.24) is 0 Å². The Bertz CT molecular complexity index is 905. The van der Waals surface area contributed by atoms with Crippen LogP contribution < -0.4 is 15.2 Å². The standard InChI is InChI=1S/C26H39NO11/c1-5-8-14-34-24(30)37-20-11-10-19(17-21(20)38-25(31)35-15-9-6-2)18-26(27,22(28)32-4)12-16-36-23(29)33-13-7-3/h10-11,17H,5-9,12-16,18,27H2,1-4H3/t26-/m1/s1. The van der Waals surface area contributed by atoms with Crippen molar-refractivity contribution in [2.45, 2.75) is 71.3 Å². The maximum atomic E-state index is 12.5. The molecule has 0 fully saturated rings.